The Labute approximate surface area is 164 Å². The lowest BCUT2D eigenvalue weighted by Crippen LogP contribution is -2.49. The van der Waals surface area contributed by atoms with Crippen LogP contribution in [-0.2, 0) is 10.2 Å². The molecule has 0 amide bonds. The topological polar surface area (TPSA) is 54.9 Å². The summed E-state index contributed by atoms with van der Waals surface area (Å²) in [6.45, 7) is 6.92. The Balaban J connectivity index is 2.00. The van der Waals surface area contributed by atoms with Gasteiger partial charge < -0.3 is 20.1 Å². The molecule has 1 aromatic rings. The molecule has 1 heterocycles. The van der Waals surface area contributed by atoms with Gasteiger partial charge in [0, 0.05) is 38.3 Å². The summed E-state index contributed by atoms with van der Waals surface area (Å²) in [7, 11) is 3.55. The van der Waals surface area contributed by atoms with E-state index in [4.69, 9.17) is 9.47 Å². The number of ether oxygens (including phenoxy) is 2. The number of methoxy groups -OCH3 is 1. The van der Waals surface area contributed by atoms with Gasteiger partial charge in [0.05, 0.1) is 7.11 Å². The number of nitrogens with one attached hydrogen (secondary N) is 2. The van der Waals surface area contributed by atoms with Crippen LogP contribution in [0.3, 0.4) is 0 Å². The number of nitrogens with zero attached hydrogens (tertiary/aromatic N) is 1. The van der Waals surface area contributed by atoms with E-state index in [0.717, 1.165) is 44.3 Å². The molecule has 0 radical (unpaired) electrons. The summed E-state index contributed by atoms with van der Waals surface area (Å²) in [5.41, 5.74) is 1.40. The molecule has 2 N–H and O–H groups in total. The molecule has 27 heavy (non-hydrogen) atoms. The highest BCUT2D eigenvalue weighted by Gasteiger charge is 2.34. The molecular formula is C22H37N3O2. The van der Waals surface area contributed by atoms with Crippen molar-refractivity contribution in [2.75, 3.05) is 33.9 Å². The van der Waals surface area contributed by atoms with Crippen molar-refractivity contribution in [1.82, 2.24) is 10.6 Å². The highest BCUT2D eigenvalue weighted by molar-refractivity contribution is 5.80. The minimum absolute atomic E-state index is 0.0631. The van der Waals surface area contributed by atoms with Crippen molar-refractivity contribution >= 4 is 5.96 Å². The van der Waals surface area contributed by atoms with Gasteiger partial charge in [-0.1, -0.05) is 38.3 Å². The van der Waals surface area contributed by atoms with Crippen LogP contribution in [-0.4, -0.2) is 45.9 Å². The standard InChI is InChI=1S/C22H37N3O2/c1-5-6-7-8-18(2)25-21(23-3)24-17-22(13-15-27-16-14-22)19-9-11-20(26-4)12-10-19/h9-12,18H,5-8,13-17H2,1-4H3,(H2,23,24,25). The number of hydrogen-bond acceptors (Lipinski definition) is 3. The lowest BCUT2D eigenvalue weighted by Gasteiger charge is -2.38. The Morgan fingerprint density at radius 1 is 1.22 bits per heavy atom. The summed E-state index contributed by atoms with van der Waals surface area (Å²) in [6, 6.07) is 8.91. The van der Waals surface area contributed by atoms with Crippen LogP contribution in [0.1, 0.15) is 57.9 Å². The predicted octanol–water partition coefficient (Wildman–Crippen LogP) is 3.88. The summed E-state index contributed by atoms with van der Waals surface area (Å²) >= 11 is 0. The Morgan fingerprint density at radius 3 is 2.52 bits per heavy atom. The molecule has 1 saturated heterocycles. The van der Waals surface area contributed by atoms with E-state index in [1.807, 2.05) is 7.05 Å². The fourth-order valence-electron chi connectivity index (χ4n) is 3.73. The molecule has 2 rings (SSSR count). The lowest BCUT2D eigenvalue weighted by molar-refractivity contribution is 0.0513. The summed E-state index contributed by atoms with van der Waals surface area (Å²) < 4.78 is 11.0. The van der Waals surface area contributed by atoms with E-state index < -0.39 is 0 Å². The van der Waals surface area contributed by atoms with Gasteiger partial charge in [0.1, 0.15) is 5.75 Å². The van der Waals surface area contributed by atoms with E-state index >= 15 is 0 Å². The third kappa shape index (κ3) is 6.42. The SMILES string of the molecule is CCCCCC(C)NC(=NC)NCC1(c2ccc(OC)cc2)CCOCC1. The van der Waals surface area contributed by atoms with Gasteiger partial charge in [-0.15, -0.1) is 0 Å². The molecule has 152 valence electrons. The van der Waals surface area contributed by atoms with Gasteiger partial charge in [-0.2, -0.15) is 0 Å². The largest absolute Gasteiger partial charge is 0.497 e. The maximum absolute atomic E-state index is 5.65. The molecule has 5 heteroatoms. The highest BCUT2D eigenvalue weighted by Crippen LogP contribution is 2.35. The summed E-state index contributed by atoms with van der Waals surface area (Å²) in [5.74, 6) is 1.78. The molecule has 1 aliphatic heterocycles. The van der Waals surface area contributed by atoms with Gasteiger partial charge in [0.2, 0.25) is 0 Å². The van der Waals surface area contributed by atoms with Gasteiger partial charge in [-0.05, 0) is 43.9 Å². The Kier molecular flexibility index (Phi) is 8.92. The quantitative estimate of drug-likeness (QED) is 0.391. The number of guanidine groups is 1. The second-order valence-corrected chi connectivity index (χ2v) is 7.59. The molecular weight excluding hydrogens is 338 g/mol. The number of unbranched alkanes of at least 4 members (excludes halogenated alkanes) is 2. The number of hydrogen-bond donors (Lipinski definition) is 2. The number of rotatable bonds is 9. The van der Waals surface area contributed by atoms with Crippen molar-refractivity contribution in [3.8, 4) is 5.75 Å². The summed E-state index contributed by atoms with van der Waals surface area (Å²) in [5, 5.41) is 7.12. The van der Waals surface area contributed by atoms with Crippen LogP contribution in [0.4, 0.5) is 0 Å². The average Bonchev–Trinajstić information content (AvgIpc) is 2.72. The van der Waals surface area contributed by atoms with Crippen LogP contribution in [0, 0.1) is 0 Å². The fraction of sp³-hybridized carbons (Fsp3) is 0.682. The molecule has 0 aliphatic carbocycles. The number of benzene rings is 1. The predicted molar refractivity (Wildman–Crippen MR) is 113 cm³/mol. The lowest BCUT2D eigenvalue weighted by atomic mass is 9.74. The first-order chi connectivity index (χ1) is 13.1. The van der Waals surface area contributed by atoms with Crippen LogP contribution in [0.15, 0.2) is 29.3 Å². The van der Waals surface area contributed by atoms with Crippen LogP contribution in [0.5, 0.6) is 5.75 Å². The van der Waals surface area contributed by atoms with E-state index in [0.29, 0.717) is 6.04 Å². The van der Waals surface area contributed by atoms with Crippen molar-refractivity contribution in [1.29, 1.82) is 0 Å². The first kappa shape index (κ1) is 21.5. The Hall–Kier alpha value is -1.75. The maximum Gasteiger partial charge on any atom is 0.191 e. The Bertz CT molecular complexity index is 565. The normalized spacial score (nSPS) is 18.0. The van der Waals surface area contributed by atoms with Crippen molar-refractivity contribution in [3.05, 3.63) is 29.8 Å². The minimum Gasteiger partial charge on any atom is -0.497 e. The zero-order chi connectivity index (χ0) is 19.5. The van der Waals surface area contributed by atoms with Crippen LogP contribution in [0.25, 0.3) is 0 Å². The zero-order valence-electron chi connectivity index (χ0n) is 17.5. The fourth-order valence-corrected chi connectivity index (χ4v) is 3.73. The van der Waals surface area contributed by atoms with Crippen molar-refractivity contribution in [2.24, 2.45) is 4.99 Å². The van der Waals surface area contributed by atoms with E-state index in [1.54, 1.807) is 7.11 Å². The first-order valence-electron chi connectivity index (χ1n) is 10.3. The second-order valence-electron chi connectivity index (χ2n) is 7.59. The summed E-state index contributed by atoms with van der Waals surface area (Å²) in [6.07, 6.45) is 7.00. The monoisotopic (exact) mass is 375 g/mol. The zero-order valence-corrected chi connectivity index (χ0v) is 17.5. The molecule has 1 fully saturated rings. The Morgan fingerprint density at radius 2 is 1.93 bits per heavy atom. The molecule has 0 bridgehead atoms. The van der Waals surface area contributed by atoms with E-state index in [-0.39, 0.29) is 5.41 Å². The second kappa shape index (κ2) is 11.2. The van der Waals surface area contributed by atoms with Gasteiger partial charge in [-0.3, -0.25) is 4.99 Å². The van der Waals surface area contributed by atoms with E-state index in [9.17, 15) is 0 Å². The smallest absolute Gasteiger partial charge is 0.191 e. The van der Waals surface area contributed by atoms with Crippen molar-refractivity contribution in [3.63, 3.8) is 0 Å². The molecule has 0 saturated carbocycles. The minimum atomic E-state index is 0.0631. The molecule has 1 atom stereocenters. The van der Waals surface area contributed by atoms with E-state index in [1.165, 1.54) is 31.2 Å². The van der Waals surface area contributed by atoms with Gasteiger partial charge in [0.25, 0.3) is 0 Å². The van der Waals surface area contributed by atoms with E-state index in [2.05, 4.69) is 53.7 Å². The molecule has 1 aliphatic rings. The highest BCUT2D eigenvalue weighted by atomic mass is 16.5. The van der Waals surface area contributed by atoms with Crippen LogP contribution >= 0.6 is 0 Å². The van der Waals surface area contributed by atoms with Crippen molar-refractivity contribution < 1.29 is 9.47 Å². The maximum atomic E-state index is 5.65. The summed E-state index contributed by atoms with van der Waals surface area (Å²) in [4.78, 5) is 4.44. The van der Waals surface area contributed by atoms with Gasteiger partial charge in [-0.25, -0.2) is 0 Å². The molecule has 1 unspecified atom stereocenters. The third-order valence-electron chi connectivity index (χ3n) is 5.59. The van der Waals surface area contributed by atoms with Crippen LogP contribution < -0.4 is 15.4 Å². The molecule has 1 aromatic carbocycles. The van der Waals surface area contributed by atoms with Crippen LogP contribution in [0.2, 0.25) is 0 Å². The van der Waals surface area contributed by atoms with Gasteiger partial charge >= 0.3 is 0 Å². The molecule has 0 spiro atoms. The molecule has 0 aromatic heterocycles. The number of aliphatic imine (C=N–C) groups is 1. The third-order valence-corrected chi connectivity index (χ3v) is 5.59. The first-order valence-corrected chi connectivity index (χ1v) is 10.3. The van der Waals surface area contributed by atoms with Gasteiger partial charge in [0.15, 0.2) is 5.96 Å². The molecule has 5 nitrogen and oxygen atoms in total. The van der Waals surface area contributed by atoms with Crippen molar-refractivity contribution in [2.45, 2.75) is 63.8 Å². The average molecular weight is 376 g/mol.